The molecule has 0 aliphatic heterocycles. The highest BCUT2D eigenvalue weighted by atomic mass is 32.2. The lowest BCUT2D eigenvalue weighted by Crippen LogP contribution is -2.27. The highest BCUT2D eigenvalue weighted by molar-refractivity contribution is 7.91. The van der Waals surface area contributed by atoms with Gasteiger partial charge in [-0.3, -0.25) is 0 Å². The topological polar surface area (TPSA) is 46.2 Å². The third kappa shape index (κ3) is 5.33. The van der Waals surface area contributed by atoms with Gasteiger partial charge < -0.3 is 5.32 Å². The number of sulfone groups is 1. The number of benzene rings is 1. The van der Waals surface area contributed by atoms with Crippen LogP contribution in [0.3, 0.4) is 0 Å². The molecule has 0 amide bonds. The van der Waals surface area contributed by atoms with E-state index in [1.165, 1.54) is 0 Å². The van der Waals surface area contributed by atoms with Crippen LogP contribution in [0.25, 0.3) is 0 Å². The molecular formula is C15H25NO2S. The van der Waals surface area contributed by atoms with E-state index in [0.717, 1.165) is 17.5 Å². The lowest BCUT2D eigenvalue weighted by molar-refractivity contribution is 0.557. The molecule has 3 nitrogen and oxygen atoms in total. The van der Waals surface area contributed by atoms with E-state index in [1.807, 2.05) is 52.1 Å². The maximum Gasteiger partial charge on any atom is 0.152 e. The average Bonchev–Trinajstić information content (AvgIpc) is 2.35. The fraction of sp³-hybridized carbons (Fsp3) is 0.600. The van der Waals surface area contributed by atoms with E-state index in [0.29, 0.717) is 5.92 Å². The molecule has 0 aromatic heterocycles. The zero-order chi connectivity index (χ0) is 14.5. The van der Waals surface area contributed by atoms with Crippen molar-refractivity contribution in [3.8, 4) is 0 Å². The number of nitrogens with one attached hydrogen (secondary N) is 1. The van der Waals surface area contributed by atoms with Crippen LogP contribution in [0.5, 0.6) is 0 Å². The molecular weight excluding hydrogens is 258 g/mol. The number of hydrogen-bond donors (Lipinski definition) is 1. The van der Waals surface area contributed by atoms with Gasteiger partial charge in [0, 0.05) is 6.04 Å². The van der Waals surface area contributed by atoms with Gasteiger partial charge in [-0.1, -0.05) is 38.1 Å². The second-order valence-electron chi connectivity index (χ2n) is 5.49. The first kappa shape index (κ1) is 16.2. The van der Waals surface area contributed by atoms with Crippen molar-refractivity contribution in [2.75, 3.05) is 18.6 Å². The lowest BCUT2D eigenvalue weighted by atomic mass is 10.0. The first-order valence-corrected chi connectivity index (χ1v) is 8.61. The second-order valence-corrected chi connectivity index (χ2v) is 7.72. The van der Waals surface area contributed by atoms with Gasteiger partial charge in [-0.25, -0.2) is 8.42 Å². The van der Waals surface area contributed by atoms with Gasteiger partial charge in [0.2, 0.25) is 0 Å². The van der Waals surface area contributed by atoms with Crippen LogP contribution < -0.4 is 5.32 Å². The summed E-state index contributed by atoms with van der Waals surface area (Å²) in [6.45, 7) is 6.11. The van der Waals surface area contributed by atoms with Gasteiger partial charge >= 0.3 is 0 Å². The predicted octanol–water partition coefficient (Wildman–Crippen LogP) is 2.72. The molecule has 1 atom stereocenters. The molecule has 4 heteroatoms. The van der Waals surface area contributed by atoms with Crippen molar-refractivity contribution in [2.45, 2.75) is 33.2 Å². The normalized spacial score (nSPS) is 13.7. The smallest absolute Gasteiger partial charge is 0.152 e. The fourth-order valence-corrected chi connectivity index (χ4v) is 3.91. The quantitative estimate of drug-likeness (QED) is 0.837. The lowest BCUT2D eigenvalue weighted by Gasteiger charge is -2.19. The van der Waals surface area contributed by atoms with Gasteiger partial charge in [0.05, 0.1) is 11.5 Å². The third-order valence-electron chi connectivity index (χ3n) is 3.34. The van der Waals surface area contributed by atoms with E-state index in [4.69, 9.17) is 0 Å². The molecule has 0 bridgehead atoms. The van der Waals surface area contributed by atoms with Gasteiger partial charge in [-0.05, 0) is 37.4 Å². The minimum Gasteiger partial charge on any atom is -0.312 e. The summed E-state index contributed by atoms with van der Waals surface area (Å²) in [6.07, 6.45) is 0.729. The maximum atomic E-state index is 12.1. The van der Waals surface area contributed by atoms with Crippen molar-refractivity contribution in [1.29, 1.82) is 0 Å². The molecule has 0 fully saturated rings. The van der Waals surface area contributed by atoms with Crippen LogP contribution in [0.4, 0.5) is 0 Å². The molecule has 0 aliphatic rings. The summed E-state index contributed by atoms with van der Waals surface area (Å²) in [5, 5.41) is 3.12. The Kier molecular flexibility index (Phi) is 6.01. The molecule has 1 aromatic carbocycles. The molecule has 0 radical (unpaired) electrons. The van der Waals surface area contributed by atoms with Crippen LogP contribution in [0.15, 0.2) is 24.3 Å². The van der Waals surface area contributed by atoms with Crippen molar-refractivity contribution >= 4 is 9.84 Å². The van der Waals surface area contributed by atoms with Crippen LogP contribution in [-0.2, 0) is 9.84 Å². The molecule has 1 rings (SSSR count). The summed E-state index contributed by atoms with van der Waals surface area (Å²) in [5.74, 6) is 0.858. The summed E-state index contributed by atoms with van der Waals surface area (Å²) in [5.41, 5.74) is 2.19. The molecule has 0 saturated carbocycles. The predicted molar refractivity (Wildman–Crippen MR) is 81.1 cm³/mol. The number of rotatable bonds is 7. The Balaban J connectivity index is 2.80. The Morgan fingerprint density at radius 1 is 1.21 bits per heavy atom. The van der Waals surface area contributed by atoms with Crippen molar-refractivity contribution in [3.05, 3.63) is 35.4 Å². The molecule has 0 spiro atoms. The Labute approximate surface area is 117 Å². The van der Waals surface area contributed by atoms with Crippen molar-refractivity contribution in [2.24, 2.45) is 5.92 Å². The Bertz CT molecular complexity index is 495. The zero-order valence-electron chi connectivity index (χ0n) is 12.3. The van der Waals surface area contributed by atoms with Crippen LogP contribution in [0, 0.1) is 12.8 Å². The molecule has 0 aliphatic carbocycles. The Morgan fingerprint density at radius 2 is 1.84 bits per heavy atom. The van der Waals surface area contributed by atoms with Gasteiger partial charge in [-0.2, -0.15) is 0 Å². The first-order chi connectivity index (χ1) is 8.85. The monoisotopic (exact) mass is 283 g/mol. The van der Waals surface area contributed by atoms with Gasteiger partial charge in [-0.15, -0.1) is 0 Å². The van der Waals surface area contributed by atoms with E-state index in [-0.39, 0.29) is 17.5 Å². The van der Waals surface area contributed by atoms with Crippen molar-refractivity contribution in [1.82, 2.24) is 5.32 Å². The first-order valence-electron chi connectivity index (χ1n) is 6.79. The van der Waals surface area contributed by atoms with E-state index in [1.54, 1.807) is 0 Å². The summed E-state index contributed by atoms with van der Waals surface area (Å²) in [7, 11) is -1.20. The SMILES string of the molecule is CNC(CS(=O)(=O)CCC(C)C)c1ccccc1C. The Hall–Kier alpha value is -0.870. The van der Waals surface area contributed by atoms with E-state index in [9.17, 15) is 8.42 Å². The number of aryl methyl sites for hydroxylation is 1. The van der Waals surface area contributed by atoms with Crippen LogP contribution in [-0.4, -0.2) is 27.0 Å². The van der Waals surface area contributed by atoms with Crippen molar-refractivity contribution < 1.29 is 8.42 Å². The second kappa shape index (κ2) is 7.06. The van der Waals surface area contributed by atoms with Crippen LogP contribution in [0.1, 0.15) is 37.4 Å². The van der Waals surface area contributed by atoms with Gasteiger partial charge in [0.1, 0.15) is 0 Å². The minimum atomic E-state index is -3.02. The summed E-state index contributed by atoms with van der Waals surface area (Å²) in [4.78, 5) is 0. The third-order valence-corrected chi connectivity index (χ3v) is 5.04. The summed E-state index contributed by atoms with van der Waals surface area (Å²) >= 11 is 0. The van der Waals surface area contributed by atoms with Crippen molar-refractivity contribution in [3.63, 3.8) is 0 Å². The Morgan fingerprint density at radius 3 is 2.37 bits per heavy atom. The molecule has 108 valence electrons. The summed E-state index contributed by atoms with van der Waals surface area (Å²) in [6, 6.07) is 7.81. The van der Waals surface area contributed by atoms with Gasteiger partial charge in [0.25, 0.3) is 0 Å². The fourth-order valence-electron chi connectivity index (χ4n) is 2.06. The molecule has 1 unspecified atom stereocenters. The minimum absolute atomic E-state index is 0.127. The summed E-state index contributed by atoms with van der Waals surface area (Å²) < 4.78 is 24.3. The highest BCUT2D eigenvalue weighted by Crippen LogP contribution is 2.19. The van der Waals surface area contributed by atoms with E-state index >= 15 is 0 Å². The standard InChI is InChI=1S/C15H25NO2S/c1-12(2)9-10-19(17,18)11-15(16-4)14-8-6-5-7-13(14)3/h5-8,12,15-16H,9-11H2,1-4H3. The molecule has 1 N–H and O–H groups in total. The number of hydrogen-bond acceptors (Lipinski definition) is 3. The molecule has 0 heterocycles. The maximum absolute atomic E-state index is 12.1. The molecule has 19 heavy (non-hydrogen) atoms. The van der Waals surface area contributed by atoms with Gasteiger partial charge in [0.15, 0.2) is 9.84 Å². The average molecular weight is 283 g/mol. The largest absolute Gasteiger partial charge is 0.312 e. The molecule has 0 saturated heterocycles. The van der Waals surface area contributed by atoms with Crippen LogP contribution >= 0.6 is 0 Å². The van der Waals surface area contributed by atoms with E-state index in [2.05, 4.69) is 5.32 Å². The van der Waals surface area contributed by atoms with E-state index < -0.39 is 9.84 Å². The molecule has 1 aromatic rings. The van der Waals surface area contributed by atoms with Crippen LogP contribution in [0.2, 0.25) is 0 Å². The zero-order valence-corrected chi connectivity index (χ0v) is 13.1. The highest BCUT2D eigenvalue weighted by Gasteiger charge is 2.20.